The van der Waals surface area contributed by atoms with E-state index in [1.165, 1.54) is 12.1 Å². The smallest absolute Gasteiger partial charge is 0.225 e. The normalized spacial score (nSPS) is 21.3. The lowest BCUT2D eigenvalue weighted by Gasteiger charge is -2.25. The molecule has 2 unspecified atom stereocenters. The summed E-state index contributed by atoms with van der Waals surface area (Å²) in [5, 5.41) is 14.0. The molecule has 1 aromatic heterocycles. The average molecular weight is 303 g/mol. The molecule has 116 valence electrons. The second-order valence-electron chi connectivity index (χ2n) is 5.53. The van der Waals surface area contributed by atoms with Gasteiger partial charge in [-0.05, 0) is 30.2 Å². The van der Waals surface area contributed by atoms with E-state index >= 15 is 0 Å². The van der Waals surface area contributed by atoms with Crippen LogP contribution >= 0.6 is 0 Å². The van der Waals surface area contributed by atoms with Gasteiger partial charge in [-0.2, -0.15) is 5.10 Å². The highest BCUT2D eigenvalue weighted by Gasteiger charge is 2.35. The Morgan fingerprint density at radius 2 is 2.27 bits per heavy atom. The molecule has 1 amide bonds. The number of aryl methyl sites for hydroxylation is 1. The van der Waals surface area contributed by atoms with Gasteiger partial charge in [0.2, 0.25) is 5.91 Å². The summed E-state index contributed by atoms with van der Waals surface area (Å²) in [6.45, 7) is 0.785. The summed E-state index contributed by atoms with van der Waals surface area (Å²) in [5.41, 5.74) is 0.726. The molecule has 1 N–H and O–H groups in total. The number of hydrogen-bond acceptors (Lipinski definition) is 3. The van der Waals surface area contributed by atoms with Crippen molar-refractivity contribution in [2.75, 3.05) is 6.54 Å². The van der Waals surface area contributed by atoms with Crippen LogP contribution in [-0.4, -0.2) is 38.3 Å². The van der Waals surface area contributed by atoms with Crippen molar-refractivity contribution < 1.29 is 14.3 Å². The first-order chi connectivity index (χ1) is 10.6. The number of aromatic nitrogens is 2. The number of hydrogen-bond donors (Lipinski definition) is 1. The number of carbonyl (C=O) groups is 1. The van der Waals surface area contributed by atoms with Crippen molar-refractivity contribution >= 4 is 5.91 Å². The quantitative estimate of drug-likeness (QED) is 0.936. The van der Waals surface area contributed by atoms with E-state index < -0.39 is 6.10 Å². The van der Waals surface area contributed by atoms with Crippen LogP contribution in [0.15, 0.2) is 42.7 Å². The third-order valence-electron chi connectivity index (χ3n) is 3.95. The predicted molar refractivity (Wildman–Crippen MR) is 78.3 cm³/mol. The molecule has 1 aliphatic heterocycles. The highest BCUT2D eigenvalue weighted by molar-refractivity contribution is 5.77. The third-order valence-corrected chi connectivity index (χ3v) is 3.95. The number of aliphatic hydroxyl groups excluding tert-OH is 1. The van der Waals surface area contributed by atoms with Crippen LogP contribution in [0, 0.1) is 5.82 Å². The van der Waals surface area contributed by atoms with Gasteiger partial charge in [0.1, 0.15) is 5.82 Å². The molecular formula is C16H18FN3O2. The van der Waals surface area contributed by atoms with E-state index in [1.807, 2.05) is 0 Å². The number of benzene rings is 1. The van der Waals surface area contributed by atoms with Crippen LogP contribution in [0.25, 0.3) is 0 Å². The van der Waals surface area contributed by atoms with E-state index in [-0.39, 0.29) is 17.8 Å². The Balaban J connectivity index is 1.71. The van der Waals surface area contributed by atoms with Crippen LogP contribution in [-0.2, 0) is 11.3 Å². The predicted octanol–water partition coefficient (Wildman–Crippen LogP) is 1.75. The Morgan fingerprint density at radius 3 is 3.00 bits per heavy atom. The zero-order valence-electron chi connectivity index (χ0n) is 12.1. The number of carbonyl (C=O) groups excluding carboxylic acids is 1. The van der Waals surface area contributed by atoms with Gasteiger partial charge >= 0.3 is 0 Å². The molecule has 1 fully saturated rings. The molecule has 6 heteroatoms. The van der Waals surface area contributed by atoms with E-state index in [0.717, 1.165) is 5.56 Å². The molecule has 0 aliphatic carbocycles. The topological polar surface area (TPSA) is 58.4 Å². The fourth-order valence-electron chi connectivity index (χ4n) is 2.91. The molecule has 22 heavy (non-hydrogen) atoms. The van der Waals surface area contributed by atoms with Gasteiger partial charge in [0.25, 0.3) is 0 Å². The first-order valence-electron chi connectivity index (χ1n) is 7.34. The minimum absolute atomic E-state index is 0.0543. The third kappa shape index (κ3) is 3.17. The van der Waals surface area contributed by atoms with E-state index in [0.29, 0.717) is 25.9 Å². The second-order valence-corrected chi connectivity index (χ2v) is 5.53. The molecule has 2 atom stereocenters. The van der Waals surface area contributed by atoms with Crippen LogP contribution < -0.4 is 0 Å². The maximum Gasteiger partial charge on any atom is 0.225 e. The monoisotopic (exact) mass is 303 g/mol. The van der Waals surface area contributed by atoms with Gasteiger partial charge in [-0.3, -0.25) is 9.48 Å². The Labute approximate surface area is 128 Å². The number of halogens is 1. The van der Waals surface area contributed by atoms with Crippen LogP contribution in [0.4, 0.5) is 4.39 Å². The minimum atomic E-state index is -0.568. The van der Waals surface area contributed by atoms with Crippen molar-refractivity contribution in [1.29, 1.82) is 0 Å². The Hall–Kier alpha value is -2.21. The Morgan fingerprint density at radius 1 is 1.41 bits per heavy atom. The average Bonchev–Trinajstić information content (AvgIpc) is 3.14. The summed E-state index contributed by atoms with van der Waals surface area (Å²) in [5.74, 6) is -0.385. The number of rotatable bonds is 4. The zero-order valence-corrected chi connectivity index (χ0v) is 12.1. The maximum atomic E-state index is 13.4. The molecule has 1 saturated heterocycles. The minimum Gasteiger partial charge on any atom is -0.391 e. The van der Waals surface area contributed by atoms with E-state index in [9.17, 15) is 14.3 Å². The summed E-state index contributed by atoms with van der Waals surface area (Å²) in [4.78, 5) is 14.1. The van der Waals surface area contributed by atoms with Gasteiger partial charge in [-0.1, -0.05) is 12.1 Å². The van der Waals surface area contributed by atoms with Crippen molar-refractivity contribution in [3.63, 3.8) is 0 Å². The van der Waals surface area contributed by atoms with Crippen molar-refractivity contribution in [3.8, 4) is 0 Å². The molecule has 2 aromatic rings. The second kappa shape index (κ2) is 6.27. The van der Waals surface area contributed by atoms with Crippen molar-refractivity contribution in [3.05, 3.63) is 54.1 Å². The van der Waals surface area contributed by atoms with Crippen molar-refractivity contribution in [2.45, 2.75) is 31.5 Å². The van der Waals surface area contributed by atoms with E-state index in [1.54, 1.807) is 40.2 Å². The lowest BCUT2D eigenvalue weighted by Crippen LogP contribution is -2.32. The molecule has 0 spiro atoms. The molecule has 0 bridgehead atoms. The molecule has 0 saturated carbocycles. The van der Waals surface area contributed by atoms with Gasteiger partial charge in [0.15, 0.2) is 0 Å². The van der Waals surface area contributed by atoms with Gasteiger partial charge in [-0.25, -0.2) is 4.39 Å². The summed E-state index contributed by atoms with van der Waals surface area (Å²) in [6, 6.07) is 7.76. The number of amides is 1. The number of nitrogens with zero attached hydrogens (tertiary/aromatic N) is 3. The summed E-state index contributed by atoms with van der Waals surface area (Å²) >= 11 is 0. The van der Waals surface area contributed by atoms with Crippen LogP contribution in [0.5, 0.6) is 0 Å². The lowest BCUT2D eigenvalue weighted by atomic mass is 10.0. The van der Waals surface area contributed by atoms with Gasteiger partial charge in [0, 0.05) is 31.9 Å². The molecular weight excluding hydrogens is 285 g/mol. The molecule has 0 radical (unpaired) electrons. The number of β-amino-alcohol motifs (C(OH)–C–C–N with tert-alkyl or cyclic N) is 1. The lowest BCUT2D eigenvalue weighted by molar-refractivity contribution is -0.132. The van der Waals surface area contributed by atoms with Crippen LogP contribution in [0.3, 0.4) is 0 Å². The first-order valence-corrected chi connectivity index (χ1v) is 7.34. The fraction of sp³-hybridized carbons (Fsp3) is 0.375. The SMILES string of the molecule is O=C(CCn1cccn1)N1CC(O)CC1c1cccc(F)c1. The van der Waals surface area contributed by atoms with Crippen molar-refractivity contribution in [1.82, 2.24) is 14.7 Å². The van der Waals surface area contributed by atoms with Gasteiger partial charge in [0.05, 0.1) is 12.1 Å². The molecule has 3 rings (SSSR count). The number of likely N-dealkylation sites (tertiary alicyclic amines) is 1. The van der Waals surface area contributed by atoms with Crippen molar-refractivity contribution in [2.24, 2.45) is 0 Å². The van der Waals surface area contributed by atoms with Gasteiger partial charge in [-0.15, -0.1) is 0 Å². The maximum absolute atomic E-state index is 13.4. The first kappa shape index (κ1) is 14.7. The largest absolute Gasteiger partial charge is 0.391 e. The summed E-state index contributed by atoms with van der Waals surface area (Å²) in [6.07, 6.45) is 3.65. The Bertz CT molecular complexity index is 645. The standard InChI is InChI=1S/C16H18FN3O2/c17-13-4-1-3-12(9-13)15-10-14(21)11-20(15)16(22)5-8-19-7-2-6-18-19/h1-4,6-7,9,14-15,21H,5,8,10-11H2. The van der Waals surface area contributed by atoms with Gasteiger partial charge < -0.3 is 10.0 Å². The molecule has 2 heterocycles. The van der Waals surface area contributed by atoms with Crippen LogP contribution in [0.2, 0.25) is 0 Å². The molecule has 1 aliphatic rings. The Kier molecular flexibility index (Phi) is 4.20. The number of aliphatic hydroxyl groups is 1. The molecule has 1 aromatic carbocycles. The highest BCUT2D eigenvalue weighted by atomic mass is 19.1. The molecule has 5 nitrogen and oxygen atoms in total. The van der Waals surface area contributed by atoms with Crippen LogP contribution in [0.1, 0.15) is 24.4 Å². The zero-order chi connectivity index (χ0) is 15.5. The highest BCUT2D eigenvalue weighted by Crippen LogP contribution is 2.32. The van der Waals surface area contributed by atoms with E-state index in [2.05, 4.69) is 5.10 Å². The van der Waals surface area contributed by atoms with E-state index in [4.69, 9.17) is 0 Å². The summed E-state index contributed by atoms with van der Waals surface area (Å²) < 4.78 is 15.1. The summed E-state index contributed by atoms with van der Waals surface area (Å²) in [7, 11) is 0. The fourth-order valence-corrected chi connectivity index (χ4v) is 2.91.